The summed E-state index contributed by atoms with van der Waals surface area (Å²) in [5.74, 6) is -0.130. The van der Waals surface area contributed by atoms with Crippen LogP contribution in [-0.4, -0.2) is 28.0 Å². The van der Waals surface area contributed by atoms with Gasteiger partial charge in [-0.15, -0.1) is 0 Å². The fourth-order valence-electron chi connectivity index (χ4n) is 1.75. The van der Waals surface area contributed by atoms with Crippen LogP contribution in [0, 0.1) is 5.41 Å². The van der Waals surface area contributed by atoms with Gasteiger partial charge in [-0.3, -0.25) is 4.79 Å². The monoisotopic (exact) mass is 238 g/mol. The van der Waals surface area contributed by atoms with E-state index in [1.54, 1.807) is 24.1 Å². The highest BCUT2D eigenvalue weighted by molar-refractivity contribution is 5.92. The number of hydrogen-bond acceptors (Lipinski definition) is 3. The van der Waals surface area contributed by atoms with Gasteiger partial charge in [0.1, 0.15) is 5.69 Å². The van der Waals surface area contributed by atoms with Crippen LogP contribution in [0.2, 0.25) is 0 Å². The molecule has 0 bridgehead atoms. The fraction of sp³-hybridized carbons (Fsp3) is 0.667. The van der Waals surface area contributed by atoms with Crippen LogP contribution in [0.4, 0.5) is 0 Å². The molecule has 1 aromatic rings. The number of rotatable bonds is 4. The van der Waals surface area contributed by atoms with Gasteiger partial charge < -0.3 is 15.6 Å². The van der Waals surface area contributed by atoms with E-state index in [1.165, 1.54) is 0 Å². The van der Waals surface area contributed by atoms with Crippen LogP contribution in [-0.2, 0) is 7.05 Å². The Balaban J connectivity index is 2.42. The largest absolute Gasteiger partial charge is 0.349 e. The second-order valence-electron chi connectivity index (χ2n) is 5.62. The maximum atomic E-state index is 11.8. The van der Waals surface area contributed by atoms with Crippen LogP contribution >= 0.6 is 0 Å². The van der Waals surface area contributed by atoms with Crippen LogP contribution in [0.1, 0.15) is 37.7 Å². The smallest absolute Gasteiger partial charge is 0.269 e. The van der Waals surface area contributed by atoms with E-state index in [9.17, 15) is 4.79 Å². The van der Waals surface area contributed by atoms with E-state index in [4.69, 9.17) is 5.73 Å². The molecule has 0 radical (unpaired) electrons. The van der Waals surface area contributed by atoms with Crippen molar-refractivity contribution in [2.75, 3.05) is 6.54 Å². The molecule has 0 aliphatic rings. The maximum Gasteiger partial charge on any atom is 0.269 e. The first-order valence-corrected chi connectivity index (χ1v) is 5.80. The van der Waals surface area contributed by atoms with Crippen molar-refractivity contribution in [2.24, 2.45) is 18.2 Å². The molecule has 1 atom stereocenters. The summed E-state index contributed by atoms with van der Waals surface area (Å²) < 4.78 is 1.69. The summed E-state index contributed by atoms with van der Waals surface area (Å²) in [7, 11) is 1.79. The van der Waals surface area contributed by atoms with E-state index >= 15 is 0 Å². The number of imidazole rings is 1. The highest BCUT2D eigenvalue weighted by Crippen LogP contribution is 2.19. The zero-order valence-electron chi connectivity index (χ0n) is 11.0. The standard InChI is InChI=1S/C12H22N4O/c1-12(2,3)5-9(13)6-15-11(17)10-7-14-8-16(10)4/h7-9H,5-6,13H2,1-4H3,(H,15,17). The van der Waals surface area contributed by atoms with Gasteiger partial charge >= 0.3 is 0 Å². The van der Waals surface area contributed by atoms with Crippen molar-refractivity contribution in [1.82, 2.24) is 14.9 Å². The van der Waals surface area contributed by atoms with Gasteiger partial charge in [0.05, 0.1) is 12.5 Å². The topological polar surface area (TPSA) is 72.9 Å². The van der Waals surface area contributed by atoms with Gasteiger partial charge in [-0.2, -0.15) is 0 Å². The second-order valence-corrected chi connectivity index (χ2v) is 5.62. The minimum absolute atomic E-state index is 0.0211. The Morgan fingerprint density at radius 2 is 2.24 bits per heavy atom. The average Bonchev–Trinajstić information content (AvgIpc) is 2.58. The van der Waals surface area contributed by atoms with Gasteiger partial charge in [-0.05, 0) is 11.8 Å². The minimum Gasteiger partial charge on any atom is -0.349 e. The summed E-state index contributed by atoms with van der Waals surface area (Å²) in [6.07, 6.45) is 4.02. The van der Waals surface area contributed by atoms with Crippen molar-refractivity contribution in [2.45, 2.75) is 33.2 Å². The lowest BCUT2D eigenvalue weighted by Crippen LogP contribution is -2.39. The molecule has 1 aromatic heterocycles. The number of hydrogen-bond donors (Lipinski definition) is 2. The third-order valence-corrected chi connectivity index (χ3v) is 2.45. The van der Waals surface area contributed by atoms with Gasteiger partial charge in [-0.1, -0.05) is 20.8 Å². The highest BCUT2D eigenvalue weighted by atomic mass is 16.1. The fourth-order valence-corrected chi connectivity index (χ4v) is 1.75. The lowest BCUT2D eigenvalue weighted by atomic mass is 9.88. The van der Waals surface area contributed by atoms with Gasteiger partial charge in [0, 0.05) is 19.6 Å². The van der Waals surface area contributed by atoms with Crippen LogP contribution in [0.15, 0.2) is 12.5 Å². The van der Waals surface area contributed by atoms with E-state index in [0.29, 0.717) is 12.2 Å². The Bertz CT molecular complexity index is 378. The SMILES string of the molecule is Cn1cncc1C(=O)NCC(N)CC(C)(C)C. The first kappa shape index (κ1) is 13.7. The van der Waals surface area contributed by atoms with Gasteiger partial charge in [-0.25, -0.2) is 4.98 Å². The first-order valence-electron chi connectivity index (χ1n) is 5.80. The first-order chi connectivity index (χ1) is 7.79. The molecule has 1 rings (SSSR count). The number of aryl methyl sites for hydroxylation is 1. The zero-order valence-corrected chi connectivity index (χ0v) is 11.0. The van der Waals surface area contributed by atoms with E-state index in [0.717, 1.165) is 6.42 Å². The van der Waals surface area contributed by atoms with Gasteiger partial charge in [0.25, 0.3) is 5.91 Å². The van der Waals surface area contributed by atoms with Crippen LogP contribution < -0.4 is 11.1 Å². The lowest BCUT2D eigenvalue weighted by molar-refractivity contribution is 0.0940. The van der Waals surface area contributed by atoms with Crippen molar-refractivity contribution in [3.8, 4) is 0 Å². The van der Waals surface area contributed by atoms with E-state index in [1.807, 2.05) is 0 Å². The molecule has 0 aliphatic carbocycles. The summed E-state index contributed by atoms with van der Waals surface area (Å²) in [5.41, 5.74) is 6.69. The summed E-state index contributed by atoms with van der Waals surface area (Å²) in [5, 5.41) is 2.82. The molecule has 0 aromatic carbocycles. The number of carbonyl (C=O) groups excluding carboxylic acids is 1. The molecule has 0 aliphatic heterocycles. The number of carbonyl (C=O) groups is 1. The van der Waals surface area contributed by atoms with Gasteiger partial charge in [0.2, 0.25) is 0 Å². The van der Waals surface area contributed by atoms with Crippen molar-refractivity contribution in [3.63, 3.8) is 0 Å². The molecule has 0 fully saturated rings. The molecule has 5 heteroatoms. The Kier molecular flexibility index (Phi) is 4.28. The number of aromatic nitrogens is 2. The number of nitrogens with zero attached hydrogens (tertiary/aromatic N) is 2. The van der Waals surface area contributed by atoms with Crippen molar-refractivity contribution in [1.29, 1.82) is 0 Å². The molecular weight excluding hydrogens is 216 g/mol. The molecule has 96 valence electrons. The summed E-state index contributed by atoms with van der Waals surface area (Å²) in [6.45, 7) is 6.89. The molecule has 0 saturated carbocycles. The van der Waals surface area contributed by atoms with Gasteiger partial charge in [0.15, 0.2) is 0 Å². The predicted molar refractivity (Wildman–Crippen MR) is 67.6 cm³/mol. The molecule has 1 unspecified atom stereocenters. The Morgan fingerprint density at radius 3 is 2.71 bits per heavy atom. The number of nitrogens with one attached hydrogen (secondary N) is 1. The maximum absolute atomic E-state index is 11.8. The normalized spacial score (nSPS) is 13.5. The minimum atomic E-state index is -0.130. The van der Waals surface area contributed by atoms with E-state index < -0.39 is 0 Å². The van der Waals surface area contributed by atoms with E-state index in [-0.39, 0.29) is 17.4 Å². The van der Waals surface area contributed by atoms with Crippen LogP contribution in [0.25, 0.3) is 0 Å². The number of amides is 1. The Morgan fingerprint density at radius 1 is 1.59 bits per heavy atom. The summed E-state index contributed by atoms with van der Waals surface area (Å²) >= 11 is 0. The highest BCUT2D eigenvalue weighted by Gasteiger charge is 2.17. The average molecular weight is 238 g/mol. The van der Waals surface area contributed by atoms with Crippen molar-refractivity contribution in [3.05, 3.63) is 18.2 Å². The third-order valence-electron chi connectivity index (χ3n) is 2.45. The molecular formula is C12H22N4O. The summed E-state index contributed by atoms with van der Waals surface area (Å²) in [6, 6.07) is -0.0211. The second kappa shape index (κ2) is 5.31. The third kappa shape index (κ3) is 4.56. The molecule has 0 saturated heterocycles. The number of nitrogens with two attached hydrogens (primary N) is 1. The summed E-state index contributed by atoms with van der Waals surface area (Å²) in [4.78, 5) is 15.7. The Hall–Kier alpha value is -1.36. The lowest BCUT2D eigenvalue weighted by Gasteiger charge is -2.23. The zero-order chi connectivity index (χ0) is 13.1. The predicted octanol–water partition coefficient (Wildman–Crippen LogP) is 0.913. The quantitative estimate of drug-likeness (QED) is 0.819. The molecule has 17 heavy (non-hydrogen) atoms. The van der Waals surface area contributed by atoms with Crippen molar-refractivity contribution >= 4 is 5.91 Å². The molecule has 1 amide bonds. The van der Waals surface area contributed by atoms with Crippen LogP contribution in [0.5, 0.6) is 0 Å². The Labute approximate surface area is 102 Å². The van der Waals surface area contributed by atoms with Crippen molar-refractivity contribution < 1.29 is 4.79 Å². The molecule has 3 N–H and O–H groups in total. The van der Waals surface area contributed by atoms with E-state index in [2.05, 4.69) is 31.1 Å². The molecule has 1 heterocycles. The molecule has 5 nitrogen and oxygen atoms in total. The van der Waals surface area contributed by atoms with Crippen LogP contribution in [0.3, 0.4) is 0 Å². The molecule has 0 spiro atoms.